The van der Waals surface area contributed by atoms with Gasteiger partial charge in [0.25, 0.3) is 0 Å². The van der Waals surface area contributed by atoms with E-state index in [1.807, 2.05) is 17.6 Å². The second-order valence-corrected chi connectivity index (χ2v) is 3.04. The Morgan fingerprint density at radius 3 is 2.77 bits per heavy atom. The van der Waals surface area contributed by atoms with Gasteiger partial charge in [0.05, 0.1) is 10.2 Å². The summed E-state index contributed by atoms with van der Waals surface area (Å²) < 4.78 is 1.15. The standard InChI is InChI=1S/C6H4N2S.CH4N2O/c1-2-9-6-3-7-4-8-5(1)6;2-1(3)4/h1-4H;(H4,2,3,4). The van der Waals surface area contributed by atoms with E-state index in [4.69, 9.17) is 4.79 Å². The zero-order valence-electron chi connectivity index (χ0n) is 6.68. The van der Waals surface area contributed by atoms with Crippen molar-refractivity contribution in [2.45, 2.75) is 0 Å². The van der Waals surface area contributed by atoms with Crippen LogP contribution in [-0.4, -0.2) is 16.0 Å². The Bertz CT molecular complexity index is 366. The molecule has 2 aromatic rings. The third-order valence-corrected chi connectivity index (χ3v) is 1.97. The van der Waals surface area contributed by atoms with Crippen LogP contribution in [0.3, 0.4) is 0 Å². The first kappa shape index (κ1) is 9.40. The molecular formula is C7H8N4OS. The summed E-state index contributed by atoms with van der Waals surface area (Å²) in [6, 6.07) is 1.15. The molecule has 2 rings (SSSR count). The van der Waals surface area contributed by atoms with E-state index in [9.17, 15) is 0 Å². The number of carbonyl (C=O) groups excluding carboxylic acids is 1. The number of nitrogens with zero attached hydrogens (tertiary/aromatic N) is 2. The van der Waals surface area contributed by atoms with Crippen molar-refractivity contribution >= 4 is 27.6 Å². The van der Waals surface area contributed by atoms with Crippen LogP contribution >= 0.6 is 11.3 Å². The lowest BCUT2D eigenvalue weighted by molar-refractivity contribution is 0.256. The first-order valence-corrected chi connectivity index (χ1v) is 4.26. The predicted octanol–water partition coefficient (Wildman–Crippen LogP) is 0.715. The summed E-state index contributed by atoms with van der Waals surface area (Å²) in [6.07, 6.45) is 3.39. The van der Waals surface area contributed by atoms with E-state index >= 15 is 0 Å². The van der Waals surface area contributed by atoms with E-state index in [1.54, 1.807) is 17.7 Å². The van der Waals surface area contributed by atoms with Crippen LogP contribution in [0.5, 0.6) is 0 Å². The summed E-state index contributed by atoms with van der Waals surface area (Å²) in [6.45, 7) is 0. The normalized spacial score (nSPS) is 8.92. The van der Waals surface area contributed by atoms with Crippen molar-refractivity contribution < 1.29 is 4.79 Å². The molecule has 2 aromatic heterocycles. The van der Waals surface area contributed by atoms with E-state index < -0.39 is 6.03 Å². The number of carbonyl (C=O) groups is 1. The lowest BCUT2D eigenvalue weighted by Crippen LogP contribution is -2.18. The van der Waals surface area contributed by atoms with Gasteiger partial charge in [0.15, 0.2) is 0 Å². The maximum Gasteiger partial charge on any atom is 0.309 e. The Hall–Kier alpha value is -1.69. The van der Waals surface area contributed by atoms with E-state index in [0.717, 1.165) is 10.2 Å². The molecule has 0 unspecified atom stereocenters. The van der Waals surface area contributed by atoms with Gasteiger partial charge in [-0.15, -0.1) is 11.3 Å². The van der Waals surface area contributed by atoms with Crippen molar-refractivity contribution in [3.05, 3.63) is 24.0 Å². The van der Waals surface area contributed by atoms with E-state index in [2.05, 4.69) is 21.4 Å². The van der Waals surface area contributed by atoms with Gasteiger partial charge in [-0.3, -0.25) is 0 Å². The number of fused-ring (bicyclic) bond motifs is 1. The van der Waals surface area contributed by atoms with Crippen molar-refractivity contribution in [1.82, 2.24) is 9.97 Å². The maximum atomic E-state index is 9.00. The predicted molar refractivity (Wildman–Crippen MR) is 51.2 cm³/mol. The van der Waals surface area contributed by atoms with E-state index in [-0.39, 0.29) is 0 Å². The first-order valence-electron chi connectivity index (χ1n) is 3.38. The molecule has 5 nitrogen and oxygen atoms in total. The lowest BCUT2D eigenvalue weighted by Gasteiger charge is -1.81. The van der Waals surface area contributed by atoms with Crippen LogP contribution in [0.15, 0.2) is 24.0 Å². The quantitative estimate of drug-likeness (QED) is 0.649. The van der Waals surface area contributed by atoms with Gasteiger partial charge in [-0.1, -0.05) is 0 Å². The largest absolute Gasteiger partial charge is 0.352 e. The topological polar surface area (TPSA) is 94.9 Å². The van der Waals surface area contributed by atoms with Crippen molar-refractivity contribution in [2.24, 2.45) is 11.5 Å². The third-order valence-electron chi connectivity index (χ3n) is 1.13. The van der Waals surface area contributed by atoms with Crippen molar-refractivity contribution in [3.63, 3.8) is 0 Å². The molecule has 6 heteroatoms. The van der Waals surface area contributed by atoms with Crippen molar-refractivity contribution in [1.29, 1.82) is 0 Å². The van der Waals surface area contributed by atoms with Gasteiger partial charge in [-0.05, 0) is 11.4 Å². The van der Waals surface area contributed by atoms with E-state index in [1.165, 1.54) is 0 Å². The summed E-state index contributed by atoms with van der Waals surface area (Å²) in [4.78, 5) is 16.9. The molecule has 0 atom stereocenters. The minimum atomic E-state index is -0.833. The number of primary amides is 2. The van der Waals surface area contributed by atoms with Gasteiger partial charge in [0, 0.05) is 6.20 Å². The molecule has 0 saturated carbocycles. The molecule has 0 aliphatic carbocycles. The Morgan fingerprint density at radius 2 is 2.15 bits per heavy atom. The molecule has 0 fully saturated rings. The zero-order chi connectivity index (χ0) is 9.68. The molecule has 13 heavy (non-hydrogen) atoms. The first-order chi connectivity index (χ1) is 6.20. The fraction of sp³-hybridized carbons (Fsp3) is 0. The molecule has 0 radical (unpaired) electrons. The van der Waals surface area contributed by atoms with Crippen LogP contribution in [0.2, 0.25) is 0 Å². The minimum Gasteiger partial charge on any atom is -0.352 e. The highest BCUT2D eigenvalue weighted by atomic mass is 32.1. The minimum absolute atomic E-state index is 0.833. The molecule has 68 valence electrons. The molecule has 4 N–H and O–H groups in total. The Kier molecular flexibility index (Phi) is 3.15. The molecule has 0 saturated heterocycles. The highest BCUT2D eigenvalue weighted by Crippen LogP contribution is 2.15. The monoisotopic (exact) mass is 196 g/mol. The van der Waals surface area contributed by atoms with Crippen LogP contribution in [0.4, 0.5) is 4.79 Å². The van der Waals surface area contributed by atoms with Crippen LogP contribution in [0.25, 0.3) is 10.2 Å². The number of rotatable bonds is 0. The van der Waals surface area contributed by atoms with Gasteiger partial charge in [0.2, 0.25) is 0 Å². The zero-order valence-corrected chi connectivity index (χ0v) is 7.49. The van der Waals surface area contributed by atoms with Gasteiger partial charge >= 0.3 is 6.03 Å². The smallest absolute Gasteiger partial charge is 0.309 e. The number of aromatic nitrogens is 2. The van der Waals surface area contributed by atoms with Gasteiger partial charge in [-0.2, -0.15) is 0 Å². The number of hydrogen-bond acceptors (Lipinski definition) is 4. The SMILES string of the molecule is NC(N)=O.c1ncc2sccc2n1. The average Bonchev–Trinajstić information content (AvgIpc) is 2.49. The van der Waals surface area contributed by atoms with Gasteiger partial charge in [0.1, 0.15) is 6.33 Å². The highest BCUT2D eigenvalue weighted by Gasteiger charge is 1.90. The summed E-state index contributed by atoms with van der Waals surface area (Å²) in [5.74, 6) is 0. The molecule has 0 aliphatic heterocycles. The van der Waals surface area contributed by atoms with Crippen LogP contribution in [0.1, 0.15) is 0 Å². The molecule has 2 heterocycles. The second kappa shape index (κ2) is 4.36. The molecule has 2 amide bonds. The van der Waals surface area contributed by atoms with Crippen LogP contribution < -0.4 is 11.5 Å². The number of amides is 2. The molecular weight excluding hydrogens is 188 g/mol. The Morgan fingerprint density at radius 1 is 1.46 bits per heavy atom. The molecule has 0 spiro atoms. The van der Waals surface area contributed by atoms with Crippen molar-refractivity contribution in [3.8, 4) is 0 Å². The second-order valence-electron chi connectivity index (χ2n) is 2.10. The number of hydrogen-bond donors (Lipinski definition) is 2. The average molecular weight is 196 g/mol. The summed E-state index contributed by atoms with van der Waals surface area (Å²) in [5, 5.41) is 2.01. The van der Waals surface area contributed by atoms with E-state index in [0.29, 0.717) is 0 Å². The lowest BCUT2D eigenvalue weighted by atomic mass is 10.5. The number of nitrogens with two attached hydrogens (primary N) is 2. The molecule has 0 bridgehead atoms. The number of urea groups is 1. The fourth-order valence-corrected chi connectivity index (χ4v) is 1.42. The highest BCUT2D eigenvalue weighted by molar-refractivity contribution is 7.17. The Labute approximate surface area is 78.4 Å². The molecule has 0 aliphatic rings. The Balaban J connectivity index is 0.000000184. The van der Waals surface area contributed by atoms with Crippen LogP contribution in [-0.2, 0) is 0 Å². The van der Waals surface area contributed by atoms with Gasteiger partial charge in [-0.25, -0.2) is 14.8 Å². The number of thiophene rings is 1. The third kappa shape index (κ3) is 3.04. The van der Waals surface area contributed by atoms with Crippen LogP contribution in [0, 0.1) is 0 Å². The fourth-order valence-electron chi connectivity index (χ4n) is 0.714. The summed E-state index contributed by atoms with van der Waals surface area (Å²) in [5.41, 5.74) is 9.54. The maximum absolute atomic E-state index is 9.00. The summed E-state index contributed by atoms with van der Waals surface area (Å²) >= 11 is 1.66. The molecule has 0 aromatic carbocycles. The summed E-state index contributed by atoms with van der Waals surface area (Å²) in [7, 11) is 0. The van der Waals surface area contributed by atoms with Crippen molar-refractivity contribution in [2.75, 3.05) is 0 Å². The van der Waals surface area contributed by atoms with Gasteiger partial charge < -0.3 is 11.5 Å².